The molecule has 0 saturated carbocycles. The van der Waals surface area contributed by atoms with Gasteiger partial charge in [0.2, 0.25) is 0 Å². The van der Waals surface area contributed by atoms with Gasteiger partial charge in [0.05, 0.1) is 26.4 Å². The van der Waals surface area contributed by atoms with Gasteiger partial charge >= 0.3 is 32.9 Å². The van der Waals surface area contributed by atoms with Crippen molar-refractivity contribution in [1.82, 2.24) is 0 Å². The lowest BCUT2D eigenvalue weighted by molar-refractivity contribution is -0.143. The Bertz CT molecular complexity index is 722. The molecule has 37 heavy (non-hydrogen) atoms. The van der Waals surface area contributed by atoms with Crippen molar-refractivity contribution in [3.63, 3.8) is 0 Å². The number of hydrogen-bond acceptors (Lipinski definition) is 12. The molecule has 0 aromatic carbocycles. The maximum absolute atomic E-state index is 11.6. The molecule has 0 aliphatic rings. The fourth-order valence-corrected chi connectivity index (χ4v) is 3.78. The molecule has 0 radical (unpaired) electrons. The molecule has 0 aliphatic heterocycles. The number of carbonyl (C=O) groups is 4. The first-order valence-corrected chi connectivity index (χ1v) is 12.8. The number of esters is 4. The van der Waals surface area contributed by atoms with Gasteiger partial charge < -0.3 is 36.7 Å². The van der Waals surface area contributed by atoms with E-state index in [4.69, 9.17) is 36.7 Å². The van der Waals surface area contributed by atoms with Gasteiger partial charge in [-0.15, -0.1) is 0 Å². The summed E-state index contributed by atoms with van der Waals surface area (Å²) in [5.74, 6) is -2.49. The first-order valence-electron chi connectivity index (χ1n) is 11.2. The van der Waals surface area contributed by atoms with E-state index >= 15 is 0 Å². The van der Waals surface area contributed by atoms with Crippen molar-refractivity contribution >= 4 is 32.9 Å². The third-order valence-corrected chi connectivity index (χ3v) is 6.01. The Kier molecular flexibility index (Phi) is 16.7. The van der Waals surface area contributed by atoms with Gasteiger partial charge in [0.25, 0.3) is 0 Å². The summed E-state index contributed by atoms with van der Waals surface area (Å²) >= 11 is 0. The molecule has 0 aliphatic carbocycles. The average Bonchev–Trinajstić information content (AvgIpc) is 2.83. The van der Waals surface area contributed by atoms with E-state index in [9.17, 15) is 19.2 Å². The Balaban J connectivity index is 5.37. The molecule has 0 rings (SSSR count). The van der Waals surface area contributed by atoms with Crippen LogP contribution in [-0.4, -0.2) is 85.8 Å². The molecule has 13 heteroatoms. The van der Waals surface area contributed by atoms with Crippen LogP contribution in [0.1, 0.15) is 27.7 Å². The molecule has 0 saturated heterocycles. The van der Waals surface area contributed by atoms with E-state index in [0.717, 1.165) is 0 Å². The zero-order valence-electron chi connectivity index (χ0n) is 21.9. The second kappa shape index (κ2) is 18.2. The Hall–Kier alpha value is -3.10. The van der Waals surface area contributed by atoms with Gasteiger partial charge in [-0.3, -0.25) is 0 Å². The minimum absolute atomic E-state index is 0.184. The number of rotatable bonds is 20. The molecule has 0 atom stereocenters. The van der Waals surface area contributed by atoms with Crippen molar-refractivity contribution in [2.24, 2.45) is 0 Å². The quantitative estimate of drug-likeness (QED) is 0.0727. The summed E-state index contributed by atoms with van der Waals surface area (Å²) < 4.78 is 42.9. The number of carbonyl (C=O) groups excluding carboxylic acids is 4. The predicted octanol–water partition coefficient (Wildman–Crippen LogP) is 1.97. The normalized spacial score (nSPS) is 10.7. The van der Waals surface area contributed by atoms with Crippen LogP contribution in [0.15, 0.2) is 48.6 Å². The lowest BCUT2D eigenvalue weighted by atomic mass is 10.4. The fourth-order valence-electron chi connectivity index (χ4n) is 1.95. The summed E-state index contributed by atoms with van der Waals surface area (Å²) in [6.45, 7) is 18.4. The molecule has 0 fully saturated rings. The molecule has 0 aromatic rings. The Morgan fingerprint density at radius 2 is 0.622 bits per heavy atom. The van der Waals surface area contributed by atoms with Gasteiger partial charge in [-0.1, -0.05) is 26.3 Å². The van der Waals surface area contributed by atoms with Crippen LogP contribution in [0.4, 0.5) is 0 Å². The Morgan fingerprint density at radius 3 is 0.784 bits per heavy atom. The first-order chi connectivity index (χ1) is 17.3. The Labute approximate surface area is 218 Å². The van der Waals surface area contributed by atoms with Gasteiger partial charge in [0.1, 0.15) is 26.4 Å². The summed E-state index contributed by atoms with van der Waals surface area (Å²) in [6, 6.07) is 0. The average molecular weight is 545 g/mol. The molecule has 0 bridgehead atoms. The molecule has 0 aromatic heterocycles. The van der Waals surface area contributed by atoms with Gasteiger partial charge in [0.15, 0.2) is 0 Å². The van der Waals surface area contributed by atoms with Crippen LogP contribution in [0.5, 0.6) is 0 Å². The third kappa shape index (κ3) is 15.6. The molecule has 0 amide bonds. The largest absolute Gasteiger partial charge is 0.680 e. The van der Waals surface area contributed by atoms with Crippen molar-refractivity contribution in [3.05, 3.63) is 48.6 Å². The standard InChI is InChI=1S/C24H36O12Si/c1-17(2)21(25)29-9-13-33-37(34-14-10-30-22(26)18(3)4,35-15-11-31-23(27)19(5)6)36-16-12-32-24(28)20(7)8/h1,3,5,7,9-16H2,2,4,6,8H3. The maximum atomic E-state index is 11.6. The molecule has 0 unspecified atom stereocenters. The SMILES string of the molecule is C=C(C)C(=O)OCCO[Si](OCCOC(=O)C(=C)C)(OCCOC(=O)C(=C)C)OCCOC(=O)C(=C)C. The fraction of sp³-hybridized carbons (Fsp3) is 0.500. The van der Waals surface area contributed by atoms with Gasteiger partial charge in [-0.05, 0) is 27.7 Å². The molecule has 0 heterocycles. The highest BCUT2D eigenvalue weighted by atomic mass is 28.4. The van der Waals surface area contributed by atoms with Gasteiger partial charge in [-0.25, -0.2) is 19.2 Å². The number of hydrogen-bond donors (Lipinski definition) is 0. The lowest BCUT2D eigenvalue weighted by Crippen LogP contribution is -2.51. The summed E-state index contributed by atoms with van der Waals surface area (Å²) in [4.78, 5) is 46.5. The molecular weight excluding hydrogens is 508 g/mol. The summed E-state index contributed by atoms with van der Waals surface area (Å²) in [6.07, 6.45) is 0. The maximum Gasteiger partial charge on any atom is 0.680 e. The van der Waals surface area contributed by atoms with Crippen molar-refractivity contribution in [2.75, 3.05) is 52.9 Å². The van der Waals surface area contributed by atoms with Crippen molar-refractivity contribution < 1.29 is 55.8 Å². The smallest absolute Gasteiger partial charge is 0.460 e. The van der Waals surface area contributed by atoms with E-state index in [1.165, 1.54) is 27.7 Å². The van der Waals surface area contributed by atoms with Crippen LogP contribution in [0.3, 0.4) is 0 Å². The monoisotopic (exact) mass is 544 g/mol. The first kappa shape index (κ1) is 33.9. The van der Waals surface area contributed by atoms with E-state index in [-0.39, 0.29) is 75.1 Å². The third-order valence-electron chi connectivity index (χ3n) is 3.78. The molecular formula is C24H36O12Si. The lowest BCUT2D eigenvalue weighted by Gasteiger charge is -2.28. The summed E-state index contributed by atoms with van der Waals surface area (Å²) in [5, 5.41) is 0. The van der Waals surface area contributed by atoms with Gasteiger partial charge in [-0.2, -0.15) is 0 Å². The Morgan fingerprint density at radius 1 is 0.432 bits per heavy atom. The van der Waals surface area contributed by atoms with Crippen molar-refractivity contribution in [1.29, 1.82) is 0 Å². The van der Waals surface area contributed by atoms with E-state index in [0.29, 0.717) is 0 Å². The molecule has 208 valence electrons. The van der Waals surface area contributed by atoms with Crippen LogP contribution in [0, 0.1) is 0 Å². The second-order valence-electron chi connectivity index (χ2n) is 7.56. The van der Waals surface area contributed by atoms with Crippen LogP contribution in [0.25, 0.3) is 0 Å². The van der Waals surface area contributed by atoms with E-state index in [2.05, 4.69) is 26.3 Å². The van der Waals surface area contributed by atoms with Crippen LogP contribution < -0.4 is 0 Å². The number of ether oxygens (including phenoxy) is 4. The molecule has 0 N–H and O–H groups in total. The van der Waals surface area contributed by atoms with Crippen LogP contribution in [0.2, 0.25) is 0 Å². The topological polar surface area (TPSA) is 142 Å². The van der Waals surface area contributed by atoms with Crippen molar-refractivity contribution in [2.45, 2.75) is 27.7 Å². The second-order valence-corrected chi connectivity index (χ2v) is 9.71. The van der Waals surface area contributed by atoms with Crippen LogP contribution >= 0.6 is 0 Å². The minimum atomic E-state index is -4.05. The van der Waals surface area contributed by atoms with E-state index in [1.54, 1.807) is 0 Å². The zero-order valence-corrected chi connectivity index (χ0v) is 22.9. The predicted molar refractivity (Wildman–Crippen MR) is 133 cm³/mol. The zero-order chi connectivity index (χ0) is 28.4. The summed E-state index contributed by atoms with van der Waals surface area (Å²) in [7, 11) is -4.05. The highest BCUT2D eigenvalue weighted by Gasteiger charge is 2.46. The highest BCUT2D eigenvalue weighted by molar-refractivity contribution is 6.53. The molecule has 12 nitrogen and oxygen atoms in total. The van der Waals surface area contributed by atoms with Crippen LogP contribution in [-0.2, 0) is 55.8 Å². The highest BCUT2D eigenvalue weighted by Crippen LogP contribution is 2.13. The van der Waals surface area contributed by atoms with E-state index in [1.807, 2.05) is 0 Å². The molecule has 0 spiro atoms. The summed E-state index contributed by atoms with van der Waals surface area (Å²) in [5.41, 5.74) is 0.797. The van der Waals surface area contributed by atoms with Gasteiger partial charge in [0, 0.05) is 22.3 Å². The van der Waals surface area contributed by atoms with Crippen molar-refractivity contribution in [3.8, 4) is 0 Å². The van der Waals surface area contributed by atoms with E-state index < -0.39 is 32.9 Å². The minimum Gasteiger partial charge on any atom is -0.460 e.